The predicted molar refractivity (Wildman–Crippen MR) is 77.0 cm³/mol. The van der Waals surface area contributed by atoms with Crippen LogP contribution in [0.1, 0.15) is 12.5 Å². The van der Waals surface area contributed by atoms with Crippen molar-refractivity contribution in [3.63, 3.8) is 0 Å². The van der Waals surface area contributed by atoms with Gasteiger partial charge in [0.25, 0.3) is 0 Å². The Labute approximate surface area is 122 Å². The van der Waals surface area contributed by atoms with E-state index in [1.54, 1.807) is 24.3 Å². The molecule has 114 valence electrons. The van der Waals surface area contributed by atoms with E-state index >= 15 is 0 Å². The Balaban J connectivity index is 2.69. The summed E-state index contributed by atoms with van der Waals surface area (Å²) in [5, 5.41) is 11.1. The van der Waals surface area contributed by atoms with Gasteiger partial charge in [0.15, 0.2) is 0 Å². The highest BCUT2D eigenvalue weighted by Crippen LogP contribution is 2.11. The normalized spacial score (nSPS) is 11.5. The van der Waals surface area contributed by atoms with E-state index in [0.29, 0.717) is 6.54 Å². The van der Waals surface area contributed by atoms with Crippen LogP contribution in [0.5, 0.6) is 0 Å². The fourth-order valence-corrected chi connectivity index (χ4v) is 2.37. The standard InChI is InChI=1S/C13H16N2O5S/c1-10(16)14-8-2-3-11-4-6-12(7-5-11)21(19,20)15-9-13(17)18/h2-7,15H,8-9H2,1H3,(H,14,16)(H,17,18). The molecule has 0 spiro atoms. The zero-order valence-corrected chi connectivity index (χ0v) is 12.2. The molecule has 1 rings (SSSR count). The predicted octanol–water partition coefficient (Wildman–Crippen LogP) is 0.199. The van der Waals surface area contributed by atoms with E-state index in [-0.39, 0.29) is 10.8 Å². The molecule has 0 bridgehead atoms. The van der Waals surface area contributed by atoms with Crippen molar-refractivity contribution in [2.75, 3.05) is 13.1 Å². The Morgan fingerprint density at radius 3 is 2.38 bits per heavy atom. The molecule has 0 aliphatic carbocycles. The van der Waals surface area contributed by atoms with Crippen LogP contribution < -0.4 is 10.0 Å². The highest BCUT2D eigenvalue weighted by molar-refractivity contribution is 7.89. The van der Waals surface area contributed by atoms with Gasteiger partial charge in [-0.05, 0) is 17.7 Å². The maximum Gasteiger partial charge on any atom is 0.318 e. The fourth-order valence-electron chi connectivity index (χ4n) is 1.40. The molecule has 0 saturated heterocycles. The molecular weight excluding hydrogens is 296 g/mol. The molecule has 0 heterocycles. The number of aliphatic carboxylic acids is 1. The second-order valence-corrected chi connectivity index (χ2v) is 5.89. The van der Waals surface area contributed by atoms with E-state index in [1.165, 1.54) is 19.1 Å². The number of amides is 1. The molecule has 0 atom stereocenters. The fraction of sp³-hybridized carbons (Fsp3) is 0.231. The molecule has 3 N–H and O–H groups in total. The highest BCUT2D eigenvalue weighted by atomic mass is 32.2. The van der Waals surface area contributed by atoms with Crippen LogP contribution in [0.2, 0.25) is 0 Å². The summed E-state index contributed by atoms with van der Waals surface area (Å²) < 4.78 is 25.5. The number of carbonyl (C=O) groups is 2. The second-order valence-electron chi connectivity index (χ2n) is 4.13. The number of hydrogen-bond donors (Lipinski definition) is 3. The summed E-state index contributed by atoms with van der Waals surface area (Å²) >= 11 is 0. The average molecular weight is 312 g/mol. The summed E-state index contributed by atoms with van der Waals surface area (Å²) in [6.07, 6.45) is 3.46. The monoisotopic (exact) mass is 312 g/mol. The highest BCUT2D eigenvalue weighted by Gasteiger charge is 2.14. The third-order valence-electron chi connectivity index (χ3n) is 2.38. The molecule has 0 fully saturated rings. The van der Waals surface area contributed by atoms with Crippen molar-refractivity contribution in [1.82, 2.24) is 10.0 Å². The molecular formula is C13H16N2O5S. The molecule has 0 aliphatic rings. The van der Waals surface area contributed by atoms with E-state index in [0.717, 1.165) is 5.56 Å². The Kier molecular flexibility index (Phi) is 6.07. The molecule has 1 aromatic carbocycles. The van der Waals surface area contributed by atoms with Crippen LogP contribution in [0.3, 0.4) is 0 Å². The molecule has 0 radical (unpaired) electrons. The molecule has 21 heavy (non-hydrogen) atoms. The van der Waals surface area contributed by atoms with E-state index in [1.807, 2.05) is 4.72 Å². The van der Waals surface area contributed by atoms with E-state index < -0.39 is 22.5 Å². The minimum atomic E-state index is -3.82. The van der Waals surface area contributed by atoms with E-state index in [2.05, 4.69) is 5.32 Å². The van der Waals surface area contributed by atoms with Crippen LogP contribution >= 0.6 is 0 Å². The first-order chi connectivity index (χ1) is 9.81. The van der Waals surface area contributed by atoms with Crippen molar-refractivity contribution >= 4 is 28.0 Å². The van der Waals surface area contributed by atoms with Gasteiger partial charge in [-0.15, -0.1) is 0 Å². The van der Waals surface area contributed by atoms with Gasteiger partial charge in [-0.1, -0.05) is 24.3 Å². The van der Waals surface area contributed by atoms with Gasteiger partial charge in [-0.3, -0.25) is 9.59 Å². The van der Waals surface area contributed by atoms with Crippen molar-refractivity contribution in [3.8, 4) is 0 Å². The summed E-state index contributed by atoms with van der Waals surface area (Å²) in [5.41, 5.74) is 0.762. The minimum absolute atomic E-state index is 0.0113. The number of rotatable bonds is 7. The second kappa shape index (κ2) is 7.55. The third-order valence-corrected chi connectivity index (χ3v) is 3.80. The topological polar surface area (TPSA) is 113 Å². The lowest BCUT2D eigenvalue weighted by molar-refractivity contribution is -0.135. The van der Waals surface area contributed by atoms with Gasteiger partial charge in [-0.2, -0.15) is 4.72 Å². The molecule has 0 aromatic heterocycles. The molecule has 0 aliphatic heterocycles. The smallest absolute Gasteiger partial charge is 0.318 e. The summed E-state index contributed by atoms with van der Waals surface area (Å²) in [4.78, 5) is 21.0. The average Bonchev–Trinajstić information content (AvgIpc) is 2.42. The van der Waals surface area contributed by atoms with Crippen LogP contribution in [0, 0.1) is 0 Å². The lowest BCUT2D eigenvalue weighted by atomic mass is 10.2. The van der Waals surface area contributed by atoms with E-state index in [4.69, 9.17) is 5.11 Å². The molecule has 1 amide bonds. The van der Waals surface area contributed by atoms with Gasteiger partial charge in [0, 0.05) is 13.5 Å². The largest absolute Gasteiger partial charge is 0.480 e. The third kappa shape index (κ3) is 6.19. The quantitative estimate of drug-likeness (QED) is 0.665. The van der Waals surface area contributed by atoms with Gasteiger partial charge in [0.05, 0.1) is 4.90 Å². The van der Waals surface area contributed by atoms with Gasteiger partial charge in [0.2, 0.25) is 15.9 Å². The number of carboxylic acids is 1. The van der Waals surface area contributed by atoms with Crippen molar-refractivity contribution in [1.29, 1.82) is 0 Å². The molecule has 7 nitrogen and oxygen atoms in total. The van der Waals surface area contributed by atoms with Crippen molar-refractivity contribution in [2.45, 2.75) is 11.8 Å². The summed E-state index contributed by atoms with van der Waals surface area (Å²) in [6.45, 7) is 1.13. The van der Waals surface area contributed by atoms with Crippen LogP contribution in [-0.2, 0) is 19.6 Å². The van der Waals surface area contributed by atoms with Gasteiger partial charge >= 0.3 is 5.97 Å². The van der Waals surface area contributed by atoms with Crippen LogP contribution in [-0.4, -0.2) is 38.5 Å². The van der Waals surface area contributed by atoms with Crippen LogP contribution in [0.4, 0.5) is 0 Å². The van der Waals surface area contributed by atoms with Crippen LogP contribution in [0.15, 0.2) is 35.2 Å². The van der Waals surface area contributed by atoms with Crippen LogP contribution in [0.25, 0.3) is 6.08 Å². The number of sulfonamides is 1. The minimum Gasteiger partial charge on any atom is -0.480 e. The first kappa shape index (κ1) is 16.9. The number of nitrogens with one attached hydrogen (secondary N) is 2. The Hall–Kier alpha value is -2.19. The molecule has 0 unspecified atom stereocenters. The molecule has 0 saturated carbocycles. The Morgan fingerprint density at radius 1 is 1.24 bits per heavy atom. The van der Waals surface area contributed by atoms with Crippen molar-refractivity contribution in [2.24, 2.45) is 0 Å². The lowest BCUT2D eigenvalue weighted by Crippen LogP contribution is -2.29. The summed E-state index contributed by atoms with van der Waals surface area (Å²) in [7, 11) is -3.82. The van der Waals surface area contributed by atoms with Gasteiger partial charge < -0.3 is 10.4 Å². The summed E-state index contributed by atoms with van der Waals surface area (Å²) in [5.74, 6) is -1.39. The summed E-state index contributed by atoms with van der Waals surface area (Å²) in [6, 6.07) is 5.92. The maximum absolute atomic E-state index is 11.7. The van der Waals surface area contributed by atoms with Crippen molar-refractivity contribution in [3.05, 3.63) is 35.9 Å². The van der Waals surface area contributed by atoms with Gasteiger partial charge in [-0.25, -0.2) is 8.42 Å². The molecule has 1 aromatic rings. The SMILES string of the molecule is CC(=O)NCC=Cc1ccc(S(=O)(=O)NCC(=O)O)cc1. The molecule has 8 heteroatoms. The number of carbonyl (C=O) groups excluding carboxylic acids is 1. The number of carboxylic acid groups (broad SMARTS) is 1. The number of benzene rings is 1. The number of hydrogen-bond acceptors (Lipinski definition) is 4. The zero-order valence-electron chi connectivity index (χ0n) is 11.4. The first-order valence-corrected chi connectivity index (χ1v) is 7.52. The lowest BCUT2D eigenvalue weighted by Gasteiger charge is -2.04. The first-order valence-electron chi connectivity index (χ1n) is 6.04. The van der Waals surface area contributed by atoms with Crippen molar-refractivity contribution < 1.29 is 23.1 Å². The van der Waals surface area contributed by atoms with Gasteiger partial charge in [0.1, 0.15) is 6.54 Å². The van der Waals surface area contributed by atoms with E-state index in [9.17, 15) is 18.0 Å². The zero-order chi connectivity index (χ0) is 15.9. The Bertz CT molecular complexity index is 635. The maximum atomic E-state index is 11.7. The Morgan fingerprint density at radius 2 is 1.86 bits per heavy atom.